The summed E-state index contributed by atoms with van der Waals surface area (Å²) < 4.78 is 6.93. The van der Waals surface area contributed by atoms with Crippen LogP contribution in [0.25, 0.3) is 5.57 Å². The summed E-state index contributed by atoms with van der Waals surface area (Å²) >= 11 is 6.83. The van der Waals surface area contributed by atoms with Gasteiger partial charge in [-0.25, -0.2) is 4.79 Å². The minimum atomic E-state index is -1.14. The van der Waals surface area contributed by atoms with Gasteiger partial charge in [-0.05, 0) is 86.7 Å². The van der Waals surface area contributed by atoms with E-state index < -0.39 is 11.9 Å². The molecule has 0 heterocycles. The highest BCUT2D eigenvalue weighted by Crippen LogP contribution is 2.28. The second kappa shape index (κ2) is 8.51. The van der Waals surface area contributed by atoms with Crippen LogP contribution in [-0.4, -0.2) is 24.1 Å². The van der Waals surface area contributed by atoms with Crippen LogP contribution in [0, 0.1) is 6.92 Å². The van der Waals surface area contributed by atoms with Gasteiger partial charge in [0.25, 0.3) is 0 Å². The summed E-state index contributed by atoms with van der Waals surface area (Å²) in [4.78, 5) is 23.8. The summed E-state index contributed by atoms with van der Waals surface area (Å²) in [5.74, 6) is -1.10. The zero-order valence-corrected chi connectivity index (χ0v) is 17.6. The van der Waals surface area contributed by atoms with E-state index in [0.29, 0.717) is 5.75 Å². The molecule has 0 radical (unpaired) electrons. The van der Waals surface area contributed by atoms with E-state index in [0.717, 1.165) is 25.6 Å². The van der Waals surface area contributed by atoms with Crippen LogP contribution in [0.2, 0.25) is 0 Å². The number of hydrogen-bond acceptors (Lipinski definition) is 3. The molecule has 0 saturated heterocycles. The topological polar surface area (TPSA) is 75.6 Å². The molecule has 0 aliphatic carbocycles. The number of allylic oxidation sites excluding steroid dienone is 1. The highest BCUT2D eigenvalue weighted by atomic mass is 79.9. The van der Waals surface area contributed by atoms with Crippen LogP contribution in [0.4, 0.5) is 5.69 Å². The molecule has 0 fully saturated rings. The number of hydrogen-bond donors (Lipinski definition) is 2. The van der Waals surface area contributed by atoms with Gasteiger partial charge in [0.05, 0.1) is 18.4 Å². The lowest BCUT2D eigenvalue weighted by molar-refractivity contribution is -0.111. The summed E-state index contributed by atoms with van der Waals surface area (Å²) in [6.45, 7) is 3.59. The van der Waals surface area contributed by atoms with Gasteiger partial charge in [0, 0.05) is 15.0 Å². The lowest BCUT2D eigenvalue weighted by Crippen LogP contribution is -2.13. The summed E-state index contributed by atoms with van der Waals surface area (Å²) in [6.07, 6.45) is 1.43. The Morgan fingerprint density at radius 2 is 1.85 bits per heavy atom. The predicted molar refractivity (Wildman–Crippen MR) is 109 cm³/mol. The molecular formula is C19H17Br2NO4. The molecule has 136 valence electrons. The quantitative estimate of drug-likeness (QED) is 0.569. The Kier molecular flexibility index (Phi) is 6.61. The first-order valence-corrected chi connectivity index (χ1v) is 9.18. The third kappa shape index (κ3) is 4.74. The van der Waals surface area contributed by atoms with Crippen molar-refractivity contribution in [2.24, 2.45) is 0 Å². The van der Waals surface area contributed by atoms with Gasteiger partial charge in [-0.2, -0.15) is 0 Å². The average molecular weight is 483 g/mol. The van der Waals surface area contributed by atoms with Crippen molar-refractivity contribution in [1.29, 1.82) is 0 Å². The first-order valence-electron chi connectivity index (χ1n) is 7.59. The smallest absolute Gasteiger partial charge is 0.337 e. The Bertz CT molecular complexity index is 907. The standard InChI is InChI=1S/C19H17Br2NO4/c1-10(12-4-5-14(20)15(21)8-12)7-18(23)22-16-6-11(2)17(26-3)9-13(16)19(24)25/h4-9H,1-3H3,(H,22,23)(H,24,25). The van der Waals surface area contributed by atoms with E-state index in [1.807, 2.05) is 25.1 Å². The summed E-state index contributed by atoms with van der Waals surface area (Å²) in [5.41, 5.74) is 2.54. The normalized spacial score (nSPS) is 11.2. The number of benzene rings is 2. The van der Waals surface area contributed by atoms with Gasteiger partial charge in [-0.15, -0.1) is 0 Å². The number of rotatable bonds is 5. The molecule has 2 aromatic rings. The molecule has 0 atom stereocenters. The van der Waals surface area contributed by atoms with Gasteiger partial charge >= 0.3 is 5.97 Å². The van der Waals surface area contributed by atoms with Crippen LogP contribution in [-0.2, 0) is 4.79 Å². The fourth-order valence-electron chi connectivity index (χ4n) is 2.38. The van der Waals surface area contributed by atoms with Crippen molar-refractivity contribution in [1.82, 2.24) is 0 Å². The Hall–Kier alpha value is -2.12. The summed E-state index contributed by atoms with van der Waals surface area (Å²) in [7, 11) is 1.47. The SMILES string of the molecule is COc1cc(C(=O)O)c(NC(=O)C=C(C)c2ccc(Br)c(Br)c2)cc1C. The van der Waals surface area contributed by atoms with E-state index in [9.17, 15) is 14.7 Å². The third-order valence-electron chi connectivity index (χ3n) is 3.75. The van der Waals surface area contributed by atoms with E-state index in [-0.39, 0.29) is 11.3 Å². The van der Waals surface area contributed by atoms with Crippen LogP contribution in [0.5, 0.6) is 5.75 Å². The van der Waals surface area contributed by atoms with Crippen molar-refractivity contribution in [2.45, 2.75) is 13.8 Å². The highest BCUT2D eigenvalue weighted by molar-refractivity contribution is 9.13. The Balaban J connectivity index is 2.30. The molecule has 1 amide bonds. The van der Waals surface area contributed by atoms with Crippen molar-refractivity contribution in [3.05, 3.63) is 62.0 Å². The van der Waals surface area contributed by atoms with E-state index in [1.54, 1.807) is 13.0 Å². The molecule has 26 heavy (non-hydrogen) atoms. The van der Waals surface area contributed by atoms with Crippen molar-refractivity contribution in [2.75, 3.05) is 12.4 Å². The zero-order valence-electron chi connectivity index (χ0n) is 14.4. The number of aryl methyl sites for hydroxylation is 1. The van der Waals surface area contributed by atoms with Gasteiger partial charge in [0.1, 0.15) is 5.75 Å². The lowest BCUT2D eigenvalue weighted by Gasteiger charge is -2.12. The molecule has 0 unspecified atom stereocenters. The number of carboxylic acid groups (broad SMARTS) is 1. The van der Waals surface area contributed by atoms with Crippen molar-refractivity contribution in [3.63, 3.8) is 0 Å². The maximum atomic E-state index is 12.4. The van der Waals surface area contributed by atoms with Crippen molar-refractivity contribution < 1.29 is 19.4 Å². The van der Waals surface area contributed by atoms with Crippen LogP contribution >= 0.6 is 31.9 Å². The average Bonchev–Trinajstić information content (AvgIpc) is 2.57. The Labute approximate surface area is 168 Å². The molecule has 7 heteroatoms. The highest BCUT2D eigenvalue weighted by Gasteiger charge is 2.15. The van der Waals surface area contributed by atoms with E-state index in [1.165, 1.54) is 19.3 Å². The fraction of sp³-hybridized carbons (Fsp3) is 0.158. The molecule has 0 aromatic heterocycles. The number of nitrogens with one attached hydrogen (secondary N) is 1. The number of aromatic carboxylic acids is 1. The van der Waals surface area contributed by atoms with E-state index in [2.05, 4.69) is 37.2 Å². The summed E-state index contributed by atoms with van der Waals surface area (Å²) in [6, 6.07) is 8.64. The first kappa shape index (κ1) is 20.2. The zero-order chi connectivity index (χ0) is 19.4. The summed E-state index contributed by atoms with van der Waals surface area (Å²) in [5, 5.41) is 12.0. The van der Waals surface area contributed by atoms with Crippen LogP contribution < -0.4 is 10.1 Å². The van der Waals surface area contributed by atoms with Gasteiger partial charge in [0.15, 0.2) is 0 Å². The second-order valence-corrected chi connectivity index (χ2v) is 7.33. The number of carboxylic acids is 1. The number of ether oxygens (including phenoxy) is 1. The molecule has 0 aliphatic heterocycles. The maximum Gasteiger partial charge on any atom is 0.337 e. The predicted octanol–water partition coefficient (Wildman–Crippen LogP) is 5.27. The molecule has 2 rings (SSSR count). The number of halogens is 2. The molecule has 0 spiro atoms. The molecule has 5 nitrogen and oxygen atoms in total. The minimum absolute atomic E-state index is 0.0294. The van der Waals surface area contributed by atoms with Gasteiger partial charge < -0.3 is 15.2 Å². The van der Waals surface area contributed by atoms with Crippen molar-refractivity contribution in [3.8, 4) is 5.75 Å². The first-order chi connectivity index (χ1) is 12.2. The monoisotopic (exact) mass is 481 g/mol. The van der Waals surface area contributed by atoms with E-state index >= 15 is 0 Å². The molecule has 0 bridgehead atoms. The fourth-order valence-corrected chi connectivity index (χ4v) is 3.00. The van der Waals surface area contributed by atoms with Crippen LogP contribution in [0.3, 0.4) is 0 Å². The van der Waals surface area contributed by atoms with Gasteiger partial charge in [-0.3, -0.25) is 4.79 Å². The number of carbonyl (C=O) groups excluding carboxylic acids is 1. The molecular weight excluding hydrogens is 466 g/mol. The molecule has 2 aromatic carbocycles. The van der Waals surface area contributed by atoms with Gasteiger partial charge in [-0.1, -0.05) is 6.07 Å². The van der Waals surface area contributed by atoms with E-state index in [4.69, 9.17) is 4.74 Å². The largest absolute Gasteiger partial charge is 0.496 e. The Morgan fingerprint density at radius 1 is 1.15 bits per heavy atom. The second-order valence-electron chi connectivity index (χ2n) is 5.62. The van der Waals surface area contributed by atoms with Crippen LogP contribution in [0.1, 0.15) is 28.4 Å². The molecule has 2 N–H and O–H groups in total. The van der Waals surface area contributed by atoms with Crippen molar-refractivity contribution >= 4 is 55.0 Å². The maximum absolute atomic E-state index is 12.4. The third-order valence-corrected chi connectivity index (χ3v) is 5.63. The Morgan fingerprint density at radius 3 is 2.42 bits per heavy atom. The number of amides is 1. The number of anilines is 1. The van der Waals surface area contributed by atoms with Crippen LogP contribution in [0.15, 0.2) is 45.4 Å². The minimum Gasteiger partial charge on any atom is -0.496 e. The molecule has 0 saturated carbocycles. The lowest BCUT2D eigenvalue weighted by atomic mass is 10.1. The number of carbonyl (C=O) groups is 2. The molecule has 0 aliphatic rings. The van der Waals surface area contributed by atoms with Gasteiger partial charge in [0.2, 0.25) is 5.91 Å². The number of methoxy groups -OCH3 is 1.